The van der Waals surface area contributed by atoms with Gasteiger partial charge in [0.1, 0.15) is 11.0 Å². The highest BCUT2D eigenvalue weighted by Crippen LogP contribution is 2.21. The van der Waals surface area contributed by atoms with Crippen molar-refractivity contribution in [3.05, 3.63) is 91.8 Å². The lowest BCUT2D eigenvalue weighted by molar-refractivity contribution is -0.134. The molecule has 2 aliphatic rings. The number of nitrogens with zero attached hydrogens (tertiary/aromatic N) is 8. The molecule has 0 saturated carbocycles. The number of anilines is 2. The molecule has 6 N–H and O–H groups in total. The Labute approximate surface area is 358 Å². The van der Waals surface area contributed by atoms with Gasteiger partial charge in [0, 0.05) is 32.7 Å². The lowest BCUT2D eigenvalue weighted by Gasteiger charge is -2.26. The second-order valence-electron chi connectivity index (χ2n) is 15.3. The Morgan fingerprint density at radius 1 is 0.629 bits per heavy atom. The Hall–Kier alpha value is -6.31. The Morgan fingerprint density at radius 2 is 1.05 bits per heavy atom. The molecule has 2 saturated heterocycles. The zero-order valence-corrected chi connectivity index (χ0v) is 35.4. The molecule has 0 aliphatic carbocycles. The number of nitrogen functional groups attached to an aromatic ring is 2. The largest absolute Gasteiger partial charge is 0.463 e. The van der Waals surface area contributed by atoms with Crippen LogP contribution in [-0.4, -0.2) is 121 Å². The summed E-state index contributed by atoms with van der Waals surface area (Å²) in [7, 11) is 0. The van der Waals surface area contributed by atoms with E-state index in [-0.39, 0.29) is 40.9 Å². The van der Waals surface area contributed by atoms with E-state index in [9.17, 15) is 14.4 Å². The van der Waals surface area contributed by atoms with Crippen molar-refractivity contribution in [2.24, 2.45) is 0 Å². The number of nitrogens with one attached hydrogen (secondary N) is 2. The van der Waals surface area contributed by atoms with Crippen molar-refractivity contribution in [2.75, 3.05) is 77.3 Å². The summed E-state index contributed by atoms with van der Waals surface area (Å²) in [5.74, 6) is 0.481. The number of carbonyl (C=O) groups is 1. The normalized spacial score (nSPS) is 14.5. The number of unbranched alkanes of at least 4 members (excludes halogenated alkanes) is 2. The van der Waals surface area contributed by atoms with E-state index in [1.54, 1.807) is 4.57 Å². The maximum absolute atomic E-state index is 12.5. The van der Waals surface area contributed by atoms with Gasteiger partial charge in [0.2, 0.25) is 5.91 Å². The van der Waals surface area contributed by atoms with Crippen LogP contribution >= 0.6 is 0 Å². The molecule has 0 unspecified atom stereocenters. The summed E-state index contributed by atoms with van der Waals surface area (Å²) in [6, 6.07) is 16.3. The first kappa shape index (κ1) is 43.8. The average Bonchev–Trinajstić information content (AvgIpc) is 3.77. The van der Waals surface area contributed by atoms with Crippen molar-refractivity contribution >= 4 is 39.9 Å². The van der Waals surface area contributed by atoms with Gasteiger partial charge in [-0.2, -0.15) is 19.9 Å². The number of imidazole rings is 2. The lowest BCUT2D eigenvalue weighted by Crippen LogP contribution is -2.41. The van der Waals surface area contributed by atoms with Gasteiger partial charge in [-0.25, -0.2) is 9.59 Å². The highest BCUT2D eigenvalue weighted by Gasteiger charge is 2.19. The number of aromatic amines is 2. The minimum absolute atomic E-state index is 0.0941. The van der Waals surface area contributed by atoms with Gasteiger partial charge >= 0.3 is 23.4 Å². The molecule has 8 rings (SSSR count). The number of aromatic nitrogens is 8. The summed E-state index contributed by atoms with van der Waals surface area (Å²) in [5.41, 5.74) is 17.2. The van der Waals surface area contributed by atoms with Crippen molar-refractivity contribution in [2.45, 2.75) is 65.6 Å². The molecule has 19 heteroatoms. The van der Waals surface area contributed by atoms with Gasteiger partial charge in [0.15, 0.2) is 22.9 Å². The first-order valence-corrected chi connectivity index (χ1v) is 21.3. The van der Waals surface area contributed by atoms with E-state index >= 15 is 0 Å². The summed E-state index contributed by atoms with van der Waals surface area (Å²) in [6.07, 6.45) is 4.12. The summed E-state index contributed by atoms with van der Waals surface area (Å²) in [4.78, 5) is 64.3. The van der Waals surface area contributed by atoms with Crippen LogP contribution in [0.4, 0.5) is 11.6 Å². The Bertz CT molecular complexity index is 2520. The number of fused-ring (bicyclic) bond motifs is 2. The molecule has 2 aliphatic heterocycles. The number of carbonyl (C=O) groups excluding carboxylic acids is 1. The minimum atomic E-state index is -0.321. The zero-order chi connectivity index (χ0) is 43.4. The third-order valence-corrected chi connectivity index (χ3v) is 10.7. The summed E-state index contributed by atoms with van der Waals surface area (Å²) in [6.45, 7) is 12.7. The maximum atomic E-state index is 12.5. The van der Waals surface area contributed by atoms with Crippen molar-refractivity contribution in [1.29, 1.82) is 0 Å². The van der Waals surface area contributed by atoms with Crippen LogP contribution in [0.2, 0.25) is 0 Å². The van der Waals surface area contributed by atoms with E-state index < -0.39 is 0 Å². The average molecular weight is 853 g/mol. The van der Waals surface area contributed by atoms with E-state index in [2.05, 4.69) is 60.8 Å². The van der Waals surface area contributed by atoms with Crippen LogP contribution in [0.5, 0.6) is 12.0 Å². The lowest BCUT2D eigenvalue weighted by atomic mass is 10.1. The summed E-state index contributed by atoms with van der Waals surface area (Å²) in [5, 5.41) is 0. The number of amides is 1. The van der Waals surface area contributed by atoms with Crippen LogP contribution in [0.15, 0.2) is 58.1 Å². The van der Waals surface area contributed by atoms with Gasteiger partial charge in [-0.15, -0.1) is 0 Å². The third-order valence-electron chi connectivity index (χ3n) is 10.7. The molecular formula is C43H56N12O7. The smallest absolute Gasteiger partial charge is 0.328 e. The monoisotopic (exact) mass is 852 g/mol. The number of benzene rings is 2. The Kier molecular flexibility index (Phi) is 14.8. The number of H-pyrrole nitrogens is 2. The van der Waals surface area contributed by atoms with Crippen LogP contribution in [0.3, 0.4) is 0 Å². The molecule has 0 radical (unpaired) electrons. The molecular weight excluding hydrogens is 797 g/mol. The third kappa shape index (κ3) is 11.1. The fraction of sp³-hybridized carbons (Fsp3) is 0.465. The molecule has 4 aromatic heterocycles. The number of nitrogens with two attached hydrogens (primary N) is 2. The molecule has 0 bridgehead atoms. The molecule has 0 atom stereocenters. The zero-order valence-electron chi connectivity index (χ0n) is 35.4. The van der Waals surface area contributed by atoms with E-state index in [1.165, 1.54) is 10.1 Å². The molecule has 6 heterocycles. The summed E-state index contributed by atoms with van der Waals surface area (Å²) < 4.78 is 24.9. The topological polar surface area (TPSA) is 240 Å². The second-order valence-corrected chi connectivity index (χ2v) is 15.3. The molecule has 62 heavy (non-hydrogen) atoms. The van der Waals surface area contributed by atoms with Crippen molar-refractivity contribution in [3.63, 3.8) is 0 Å². The van der Waals surface area contributed by atoms with Gasteiger partial charge in [-0.05, 0) is 35.1 Å². The molecule has 2 fully saturated rings. The highest BCUT2D eigenvalue weighted by molar-refractivity contribution is 5.83. The Morgan fingerprint density at radius 3 is 1.50 bits per heavy atom. The van der Waals surface area contributed by atoms with Gasteiger partial charge in [-0.1, -0.05) is 75.2 Å². The first-order valence-electron chi connectivity index (χ1n) is 21.3. The van der Waals surface area contributed by atoms with Crippen LogP contribution in [-0.2, 0) is 40.3 Å². The summed E-state index contributed by atoms with van der Waals surface area (Å²) >= 11 is 0. The van der Waals surface area contributed by atoms with Crippen LogP contribution < -0.4 is 32.3 Å². The van der Waals surface area contributed by atoms with E-state index in [4.69, 9.17) is 30.4 Å². The van der Waals surface area contributed by atoms with E-state index in [1.807, 2.05) is 41.3 Å². The molecule has 0 spiro atoms. The number of hydrogen-bond donors (Lipinski definition) is 4. The van der Waals surface area contributed by atoms with Crippen molar-refractivity contribution in [3.8, 4) is 12.0 Å². The predicted molar refractivity (Wildman–Crippen MR) is 234 cm³/mol. The first-order chi connectivity index (χ1) is 30.2. The highest BCUT2D eigenvalue weighted by atomic mass is 16.5. The van der Waals surface area contributed by atoms with Crippen molar-refractivity contribution in [1.82, 2.24) is 48.8 Å². The maximum Gasteiger partial charge on any atom is 0.328 e. The fourth-order valence-corrected chi connectivity index (χ4v) is 7.09. The van der Waals surface area contributed by atoms with Crippen molar-refractivity contribution < 1.29 is 23.7 Å². The fourth-order valence-electron chi connectivity index (χ4n) is 7.09. The number of hydrogen-bond acceptors (Lipinski definition) is 14. The number of ether oxygens (including phenoxy) is 4. The van der Waals surface area contributed by atoms with E-state index in [0.717, 1.165) is 75.2 Å². The predicted octanol–water partition coefficient (Wildman–Crippen LogP) is 3.09. The molecule has 2 aromatic carbocycles. The van der Waals surface area contributed by atoms with Crippen LogP contribution in [0.25, 0.3) is 22.3 Å². The second kappa shape index (κ2) is 21.0. The van der Waals surface area contributed by atoms with Crippen LogP contribution in [0.1, 0.15) is 61.8 Å². The quantitative estimate of drug-likeness (QED) is 0.102. The number of morpholine rings is 2. The molecule has 1 amide bonds. The van der Waals surface area contributed by atoms with Gasteiger partial charge < -0.3 is 45.3 Å². The standard InChI is InChI=1S/C22H28N6O4.C21H28N6O3/c1-2-3-10-32-21-25-19(23)18-20(26-21)28(22(30)24-18)14-16-6-4-15(5-7-16)13-17(29)27-8-11-31-12-9-27;1-2-3-10-30-20-24-18(22)17-19(25-20)27(21(28)23-17)14-16-6-4-15(5-7-16)13-26-8-11-29-12-9-26/h4-7H,2-3,8-14H2,1H3,(H,24,30)(H2,23,25,26);4-7H,2-3,8-14H2,1H3,(H,23,28)(H2,22,24,25). The van der Waals surface area contributed by atoms with Gasteiger partial charge in [0.05, 0.1) is 59.2 Å². The minimum Gasteiger partial charge on any atom is -0.463 e. The van der Waals surface area contributed by atoms with Gasteiger partial charge in [-0.3, -0.25) is 18.8 Å². The molecule has 330 valence electrons. The van der Waals surface area contributed by atoms with Crippen LogP contribution in [0, 0.1) is 0 Å². The Balaban J connectivity index is 0.000000187. The number of rotatable bonds is 16. The molecule has 19 nitrogen and oxygen atoms in total. The van der Waals surface area contributed by atoms with Gasteiger partial charge in [0.25, 0.3) is 0 Å². The molecule has 6 aromatic rings. The SMILES string of the molecule is CCCCOc1nc(N)c2[nH]c(=O)n(Cc3ccc(CC(=O)N4CCOCC4)cc3)c2n1.CCCCOc1nc(N)c2[nH]c(=O)n(Cc3ccc(CN4CCOCC4)cc3)c2n1. The van der Waals surface area contributed by atoms with E-state index in [0.29, 0.717) is 81.4 Å².